The molecular weight excluding hydrogens is 232 g/mol. The van der Waals surface area contributed by atoms with Crippen molar-refractivity contribution in [3.05, 3.63) is 35.9 Å². The summed E-state index contributed by atoms with van der Waals surface area (Å²) in [5, 5.41) is 0. The van der Waals surface area contributed by atoms with Crippen molar-refractivity contribution in [1.82, 2.24) is 4.90 Å². The molecule has 0 unspecified atom stereocenters. The largest absolute Gasteiger partial charge is 0.328 e. The van der Waals surface area contributed by atoms with Crippen molar-refractivity contribution in [2.75, 3.05) is 13.1 Å². The second-order valence-corrected chi connectivity index (χ2v) is 5.84. The van der Waals surface area contributed by atoms with Crippen molar-refractivity contribution < 1.29 is 0 Å². The molecule has 1 aliphatic carbocycles. The van der Waals surface area contributed by atoms with Crippen LogP contribution in [-0.2, 0) is 6.42 Å². The van der Waals surface area contributed by atoms with E-state index < -0.39 is 0 Å². The molecular formula is C17H28N2. The molecule has 1 aliphatic rings. The van der Waals surface area contributed by atoms with Crippen LogP contribution in [0.2, 0.25) is 0 Å². The van der Waals surface area contributed by atoms with Crippen molar-refractivity contribution in [2.45, 2.75) is 57.5 Å². The third-order valence-corrected chi connectivity index (χ3v) is 4.30. The summed E-state index contributed by atoms with van der Waals surface area (Å²) in [6, 6.07) is 12.1. The van der Waals surface area contributed by atoms with Crippen molar-refractivity contribution in [3.8, 4) is 0 Å². The van der Waals surface area contributed by atoms with Crippen molar-refractivity contribution in [3.63, 3.8) is 0 Å². The molecule has 106 valence electrons. The summed E-state index contributed by atoms with van der Waals surface area (Å²) in [5.41, 5.74) is 7.47. The maximum atomic E-state index is 6.02. The molecule has 19 heavy (non-hydrogen) atoms. The Labute approximate surface area is 118 Å². The van der Waals surface area contributed by atoms with Gasteiger partial charge in [-0.05, 0) is 50.6 Å². The van der Waals surface area contributed by atoms with E-state index in [1.54, 1.807) is 0 Å². The van der Waals surface area contributed by atoms with Crippen LogP contribution >= 0.6 is 0 Å². The fourth-order valence-corrected chi connectivity index (χ4v) is 3.15. The van der Waals surface area contributed by atoms with Gasteiger partial charge in [0.15, 0.2) is 0 Å². The lowest BCUT2D eigenvalue weighted by molar-refractivity contribution is 0.151. The fraction of sp³-hybridized carbons (Fsp3) is 0.647. The maximum Gasteiger partial charge on any atom is 0.00965 e. The standard InChI is InChI=1S/C17H28N2/c1-2-13-19(17-10-8-16(18)9-11-17)14-12-15-6-4-3-5-7-15/h3-7,16-17H,2,8-14,18H2,1H3. The van der Waals surface area contributed by atoms with E-state index in [1.165, 1.54) is 57.2 Å². The molecule has 1 saturated carbocycles. The molecule has 1 aromatic rings. The predicted octanol–water partition coefficient (Wildman–Crippen LogP) is 3.21. The molecule has 0 heterocycles. The van der Waals surface area contributed by atoms with Crippen LogP contribution in [0.15, 0.2) is 30.3 Å². The lowest BCUT2D eigenvalue weighted by Crippen LogP contribution is -2.42. The molecule has 0 aromatic heterocycles. The van der Waals surface area contributed by atoms with E-state index in [2.05, 4.69) is 42.2 Å². The molecule has 0 atom stereocenters. The molecule has 1 fully saturated rings. The Morgan fingerprint density at radius 3 is 2.37 bits per heavy atom. The summed E-state index contributed by atoms with van der Waals surface area (Å²) in [7, 11) is 0. The molecule has 2 rings (SSSR count). The van der Waals surface area contributed by atoms with E-state index in [4.69, 9.17) is 5.73 Å². The molecule has 0 spiro atoms. The van der Waals surface area contributed by atoms with Crippen LogP contribution in [0.3, 0.4) is 0 Å². The van der Waals surface area contributed by atoms with E-state index in [-0.39, 0.29) is 0 Å². The third-order valence-electron chi connectivity index (χ3n) is 4.30. The number of benzene rings is 1. The van der Waals surface area contributed by atoms with Gasteiger partial charge in [0.25, 0.3) is 0 Å². The van der Waals surface area contributed by atoms with Crippen LogP contribution in [-0.4, -0.2) is 30.1 Å². The molecule has 0 amide bonds. The Bertz CT molecular complexity index is 342. The van der Waals surface area contributed by atoms with Gasteiger partial charge in [0.1, 0.15) is 0 Å². The molecule has 0 bridgehead atoms. The van der Waals surface area contributed by atoms with Crippen LogP contribution in [0.5, 0.6) is 0 Å². The molecule has 0 saturated heterocycles. The number of hydrogen-bond acceptors (Lipinski definition) is 2. The SMILES string of the molecule is CCCN(CCc1ccccc1)C1CCC(N)CC1. The van der Waals surface area contributed by atoms with E-state index >= 15 is 0 Å². The Morgan fingerprint density at radius 2 is 1.74 bits per heavy atom. The third kappa shape index (κ3) is 4.63. The molecule has 2 nitrogen and oxygen atoms in total. The molecule has 0 aliphatic heterocycles. The minimum Gasteiger partial charge on any atom is -0.328 e. The quantitative estimate of drug-likeness (QED) is 0.851. The van der Waals surface area contributed by atoms with Crippen molar-refractivity contribution >= 4 is 0 Å². The zero-order valence-electron chi connectivity index (χ0n) is 12.2. The monoisotopic (exact) mass is 260 g/mol. The first-order chi connectivity index (χ1) is 9.29. The summed E-state index contributed by atoms with van der Waals surface area (Å²) in [5.74, 6) is 0. The van der Waals surface area contributed by atoms with Crippen LogP contribution in [0.25, 0.3) is 0 Å². The van der Waals surface area contributed by atoms with E-state index in [0.717, 1.165) is 6.04 Å². The number of nitrogens with two attached hydrogens (primary N) is 1. The Kier molecular flexibility index (Phi) is 5.87. The first-order valence-electron chi connectivity index (χ1n) is 7.83. The molecule has 0 radical (unpaired) electrons. The van der Waals surface area contributed by atoms with Gasteiger partial charge in [-0.3, -0.25) is 0 Å². The highest BCUT2D eigenvalue weighted by Gasteiger charge is 2.23. The molecule has 2 N–H and O–H groups in total. The maximum absolute atomic E-state index is 6.02. The highest BCUT2D eigenvalue weighted by molar-refractivity contribution is 5.14. The van der Waals surface area contributed by atoms with Crippen LogP contribution in [0.1, 0.15) is 44.6 Å². The predicted molar refractivity (Wildman–Crippen MR) is 82.2 cm³/mol. The normalized spacial score (nSPS) is 23.7. The number of rotatable bonds is 6. The van der Waals surface area contributed by atoms with Gasteiger partial charge in [0, 0.05) is 18.6 Å². The Morgan fingerprint density at radius 1 is 1.05 bits per heavy atom. The van der Waals surface area contributed by atoms with Gasteiger partial charge < -0.3 is 10.6 Å². The summed E-state index contributed by atoms with van der Waals surface area (Å²) in [6.07, 6.45) is 7.40. The van der Waals surface area contributed by atoms with Crippen LogP contribution in [0, 0.1) is 0 Å². The topological polar surface area (TPSA) is 29.3 Å². The van der Waals surface area contributed by atoms with Gasteiger partial charge in [0.2, 0.25) is 0 Å². The van der Waals surface area contributed by atoms with Crippen molar-refractivity contribution in [2.24, 2.45) is 5.73 Å². The lowest BCUT2D eigenvalue weighted by Gasteiger charge is -2.36. The van der Waals surface area contributed by atoms with Gasteiger partial charge in [-0.1, -0.05) is 37.3 Å². The van der Waals surface area contributed by atoms with Gasteiger partial charge in [-0.25, -0.2) is 0 Å². The van der Waals surface area contributed by atoms with Gasteiger partial charge >= 0.3 is 0 Å². The van der Waals surface area contributed by atoms with E-state index in [0.29, 0.717) is 6.04 Å². The summed E-state index contributed by atoms with van der Waals surface area (Å²) in [6.45, 7) is 4.70. The van der Waals surface area contributed by atoms with Crippen LogP contribution < -0.4 is 5.73 Å². The van der Waals surface area contributed by atoms with E-state index in [9.17, 15) is 0 Å². The Balaban J connectivity index is 1.85. The minimum absolute atomic E-state index is 0.453. The first-order valence-corrected chi connectivity index (χ1v) is 7.83. The second kappa shape index (κ2) is 7.66. The first kappa shape index (κ1) is 14.5. The summed E-state index contributed by atoms with van der Waals surface area (Å²) >= 11 is 0. The second-order valence-electron chi connectivity index (χ2n) is 5.84. The van der Waals surface area contributed by atoms with Crippen molar-refractivity contribution in [1.29, 1.82) is 0 Å². The van der Waals surface area contributed by atoms with Crippen LogP contribution in [0.4, 0.5) is 0 Å². The van der Waals surface area contributed by atoms with Gasteiger partial charge in [-0.15, -0.1) is 0 Å². The molecule has 2 heteroatoms. The summed E-state index contributed by atoms with van der Waals surface area (Å²) in [4.78, 5) is 2.69. The lowest BCUT2D eigenvalue weighted by atomic mass is 9.90. The average molecular weight is 260 g/mol. The summed E-state index contributed by atoms with van der Waals surface area (Å²) < 4.78 is 0. The number of nitrogens with zero attached hydrogens (tertiary/aromatic N) is 1. The highest BCUT2D eigenvalue weighted by atomic mass is 15.1. The average Bonchev–Trinajstić information content (AvgIpc) is 2.46. The zero-order valence-corrected chi connectivity index (χ0v) is 12.2. The zero-order chi connectivity index (χ0) is 13.5. The van der Waals surface area contributed by atoms with E-state index in [1.807, 2.05) is 0 Å². The highest BCUT2D eigenvalue weighted by Crippen LogP contribution is 2.22. The molecule has 1 aromatic carbocycles. The minimum atomic E-state index is 0.453. The number of hydrogen-bond donors (Lipinski definition) is 1. The smallest absolute Gasteiger partial charge is 0.00965 e. The Hall–Kier alpha value is -0.860. The van der Waals surface area contributed by atoms with Gasteiger partial charge in [0.05, 0.1) is 0 Å². The fourth-order valence-electron chi connectivity index (χ4n) is 3.15. The van der Waals surface area contributed by atoms with Gasteiger partial charge in [-0.2, -0.15) is 0 Å².